The number of esters is 1. The minimum Gasteiger partial charge on any atom is -0.494 e. The van der Waals surface area contributed by atoms with Crippen LogP contribution in [-0.2, 0) is 4.74 Å². The molecule has 0 unspecified atom stereocenters. The highest BCUT2D eigenvalue weighted by molar-refractivity contribution is 6.33. The Morgan fingerprint density at radius 1 is 1.07 bits per heavy atom. The lowest BCUT2D eigenvalue weighted by Gasteiger charge is -2.38. The van der Waals surface area contributed by atoms with Gasteiger partial charge >= 0.3 is 5.97 Å². The second-order valence-electron chi connectivity index (χ2n) is 7.02. The van der Waals surface area contributed by atoms with Crippen LogP contribution in [0.15, 0.2) is 48.7 Å². The second-order valence-corrected chi connectivity index (χ2v) is 7.43. The van der Waals surface area contributed by atoms with Gasteiger partial charge in [-0.05, 0) is 25.1 Å². The molecule has 0 amide bonds. The Kier molecular flexibility index (Phi) is 5.95. The van der Waals surface area contributed by atoms with Gasteiger partial charge in [-0.3, -0.25) is 4.98 Å². The molecule has 2 aromatic carbocycles. The Labute approximate surface area is 181 Å². The number of hydrogen-bond donors (Lipinski definition) is 0. The van der Waals surface area contributed by atoms with Crippen molar-refractivity contribution in [3.63, 3.8) is 0 Å². The van der Waals surface area contributed by atoms with Crippen molar-refractivity contribution in [3.8, 4) is 5.75 Å². The van der Waals surface area contributed by atoms with Gasteiger partial charge in [-0.25, -0.2) is 4.79 Å². The summed E-state index contributed by atoms with van der Waals surface area (Å²) in [5.74, 6) is 0.317. The van der Waals surface area contributed by atoms with E-state index in [1.807, 2.05) is 42.5 Å². The molecular formula is C23H24ClN3O3. The summed E-state index contributed by atoms with van der Waals surface area (Å²) in [5.41, 5.74) is 3.09. The molecule has 0 bridgehead atoms. The molecule has 2 heterocycles. The van der Waals surface area contributed by atoms with Crippen LogP contribution in [0.5, 0.6) is 5.75 Å². The molecule has 1 aliphatic rings. The molecule has 1 fully saturated rings. The Balaban J connectivity index is 1.71. The lowest BCUT2D eigenvalue weighted by molar-refractivity contribution is 0.0526. The average Bonchev–Trinajstić information content (AvgIpc) is 2.78. The van der Waals surface area contributed by atoms with E-state index in [9.17, 15) is 4.79 Å². The van der Waals surface area contributed by atoms with E-state index in [4.69, 9.17) is 21.1 Å². The molecule has 6 nitrogen and oxygen atoms in total. The van der Waals surface area contributed by atoms with Crippen molar-refractivity contribution in [1.82, 2.24) is 4.98 Å². The lowest BCUT2D eigenvalue weighted by Crippen LogP contribution is -2.47. The zero-order valence-corrected chi connectivity index (χ0v) is 17.9. The van der Waals surface area contributed by atoms with Gasteiger partial charge in [0.1, 0.15) is 16.8 Å². The number of nitrogens with zero attached hydrogens (tertiary/aromatic N) is 3. The number of para-hydroxylation sites is 2. The van der Waals surface area contributed by atoms with E-state index < -0.39 is 0 Å². The number of ether oxygens (including phenoxy) is 2. The van der Waals surface area contributed by atoms with Crippen LogP contribution >= 0.6 is 11.6 Å². The normalized spacial score (nSPS) is 14.1. The largest absolute Gasteiger partial charge is 0.494 e. The van der Waals surface area contributed by atoms with Crippen molar-refractivity contribution in [2.24, 2.45) is 0 Å². The van der Waals surface area contributed by atoms with Crippen molar-refractivity contribution in [3.05, 3.63) is 59.2 Å². The fourth-order valence-corrected chi connectivity index (χ4v) is 4.18. The van der Waals surface area contributed by atoms with E-state index in [0.29, 0.717) is 17.9 Å². The van der Waals surface area contributed by atoms with Gasteiger partial charge in [0.25, 0.3) is 0 Å². The first kappa shape index (κ1) is 20.3. The van der Waals surface area contributed by atoms with Crippen LogP contribution in [0.25, 0.3) is 10.9 Å². The number of fused-ring (bicyclic) bond motifs is 1. The van der Waals surface area contributed by atoms with Crippen molar-refractivity contribution in [2.75, 3.05) is 49.7 Å². The monoisotopic (exact) mass is 425 g/mol. The lowest BCUT2D eigenvalue weighted by atomic mass is 10.1. The summed E-state index contributed by atoms with van der Waals surface area (Å²) in [6, 6.07) is 13.6. The van der Waals surface area contributed by atoms with E-state index in [2.05, 4.69) is 14.8 Å². The maximum absolute atomic E-state index is 12.7. The van der Waals surface area contributed by atoms with Gasteiger partial charge < -0.3 is 19.3 Å². The van der Waals surface area contributed by atoms with Gasteiger partial charge in [0.15, 0.2) is 0 Å². The fourth-order valence-electron chi connectivity index (χ4n) is 3.92. The van der Waals surface area contributed by atoms with Crippen molar-refractivity contribution < 1.29 is 14.3 Å². The highest BCUT2D eigenvalue weighted by Gasteiger charge is 2.26. The quantitative estimate of drug-likeness (QED) is 0.565. The van der Waals surface area contributed by atoms with Gasteiger partial charge in [0.05, 0.1) is 30.1 Å². The Morgan fingerprint density at radius 3 is 2.50 bits per heavy atom. The summed E-state index contributed by atoms with van der Waals surface area (Å²) in [6.45, 7) is 5.19. The van der Waals surface area contributed by atoms with Gasteiger partial charge in [-0.15, -0.1) is 0 Å². The minimum atomic E-state index is -0.363. The number of halogens is 1. The van der Waals surface area contributed by atoms with Gasteiger partial charge in [-0.1, -0.05) is 35.9 Å². The standard InChI is InChI=1S/C23H24ClN3O3/c1-3-30-23(28)17-15-25-21-16(7-6-10-20(21)29-2)22(17)27-13-11-26(12-14-27)19-9-5-4-8-18(19)24/h4-10,15H,3,11-14H2,1-2H3. The van der Waals surface area contributed by atoms with Crippen molar-refractivity contribution in [1.29, 1.82) is 0 Å². The van der Waals surface area contributed by atoms with Crippen LogP contribution in [0, 0.1) is 0 Å². The third-order valence-electron chi connectivity index (χ3n) is 5.34. The Hall–Kier alpha value is -2.99. The van der Waals surface area contributed by atoms with Crippen LogP contribution in [0.4, 0.5) is 11.4 Å². The third kappa shape index (κ3) is 3.75. The van der Waals surface area contributed by atoms with Gasteiger partial charge in [-0.2, -0.15) is 0 Å². The number of carbonyl (C=O) groups is 1. The van der Waals surface area contributed by atoms with Gasteiger partial charge in [0.2, 0.25) is 0 Å². The summed E-state index contributed by atoms with van der Waals surface area (Å²) in [7, 11) is 1.62. The maximum Gasteiger partial charge on any atom is 0.341 e. The minimum absolute atomic E-state index is 0.314. The van der Waals surface area contributed by atoms with Crippen molar-refractivity contribution in [2.45, 2.75) is 6.92 Å². The highest BCUT2D eigenvalue weighted by atomic mass is 35.5. The van der Waals surface area contributed by atoms with Crippen molar-refractivity contribution >= 4 is 39.8 Å². The van der Waals surface area contributed by atoms with Crippen LogP contribution in [0.2, 0.25) is 5.02 Å². The van der Waals surface area contributed by atoms with E-state index >= 15 is 0 Å². The number of benzene rings is 2. The van der Waals surface area contributed by atoms with Crippen LogP contribution < -0.4 is 14.5 Å². The molecule has 30 heavy (non-hydrogen) atoms. The summed E-state index contributed by atoms with van der Waals surface area (Å²) in [6.07, 6.45) is 1.60. The van der Waals surface area contributed by atoms with Crippen LogP contribution in [-0.4, -0.2) is 50.8 Å². The summed E-state index contributed by atoms with van der Waals surface area (Å²) >= 11 is 6.39. The number of rotatable bonds is 5. The second kappa shape index (κ2) is 8.79. The molecule has 0 radical (unpaired) electrons. The first-order valence-corrected chi connectivity index (χ1v) is 10.4. The molecule has 0 saturated carbocycles. The predicted octanol–water partition coefficient (Wildman–Crippen LogP) is 4.40. The highest BCUT2D eigenvalue weighted by Crippen LogP contribution is 2.36. The molecule has 7 heteroatoms. The smallest absolute Gasteiger partial charge is 0.341 e. The number of hydrogen-bond acceptors (Lipinski definition) is 6. The molecule has 1 aliphatic heterocycles. The van der Waals surface area contributed by atoms with Crippen LogP contribution in [0.3, 0.4) is 0 Å². The van der Waals surface area contributed by atoms with E-state index in [1.165, 1.54) is 0 Å². The fraction of sp³-hybridized carbons (Fsp3) is 0.304. The van der Waals surface area contributed by atoms with E-state index in [1.54, 1.807) is 20.2 Å². The molecular weight excluding hydrogens is 402 g/mol. The topological polar surface area (TPSA) is 54.9 Å². The maximum atomic E-state index is 12.7. The molecule has 0 aliphatic carbocycles. The summed E-state index contributed by atoms with van der Waals surface area (Å²) in [4.78, 5) is 21.7. The number of methoxy groups -OCH3 is 1. The first-order chi connectivity index (χ1) is 14.6. The number of piperazine rings is 1. The number of aromatic nitrogens is 1. The molecule has 4 rings (SSSR count). The molecule has 1 saturated heterocycles. The number of carbonyl (C=O) groups excluding carboxylic acids is 1. The Bertz CT molecular complexity index is 1060. The predicted molar refractivity (Wildman–Crippen MR) is 120 cm³/mol. The summed E-state index contributed by atoms with van der Waals surface area (Å²) in [5, 5.41) is 1.63. The molecule has 0 N–H and O–H groups in total. The zero-order valence-electron chi connectivity index (χ0n) is 17.1. The molecule has 1 aromatic heterocycles. The molecule has 0 atom stereocenters. The third-order valence-corrected chi connectivity index (χ3v) is 5.66. The zero-order chi connectivity index (χ0) is 21.1. The van der Waals surface area contributed by atoms with Gasteiger partial charge in [0, 0.05) is 37.8 Å². The summed E-state index contributed by atoms with van der Waals surface area (Å²) < 4.78 is 10.8. The first-order valence-electron chi connectivity index (χ1n) is 10.0. The SMILES string of the molecule is CCOC(=O)c1cnc2c(OC)cccc2c1N1CCN(c2ccccc2Cl)CC1. The average molecular weight is 426 g/mol. The number of anilines is 2. The molecule has 3 aromatic rings. The number of pyridine rings is 1. The molecule has 0 spiro atoms. The van der Waals surface area contributed by atoms with E-state index in [-0.39, 0.29) is 5.97 Å². The Morgan fingerprint density at radius 2 is 1.80 bits per heavy atom. The van der Waals surface area contributed by atoms with Crippen LogP contribution in [0.1, 0.15) is 17.3 Å². The van der Waals surface area contributed by atoms with E-state index in [0.717, 1.165) is 53.5 Å². The molecule has 156 valence electrons.